The van der Waals surface area contributed by atoms with E-state index in [0.717, 1.165) is 0 Å². The summed E-state index contributed by atoms with van der Waals surface area (Å²) < 4.78 is 23.0. The van der Waals surface area contributed by atoms with Gasteiger partial charge < -0.3 is 10.6 Å². The zero-order valence-corrected chi connectivity index (χ0v) is 11.8. The molecule has 0 radical (unpaired) electrons. The van der Waals surface area contributed by atoms with Gasteiger partial charge in [-0.25, -0.2) is 8.42 Å². The van der Waals surface area contributed by atoms with Crippen LogP contribution in [0.1, 0.15) is 23.7 Å². The number of nitrogens with one attached hydrogen (secondary N) is 2. The number of carbonyl (C=O) groups is 1. The first-order chi connectivity index (χ1) is 8.85. The molecule has 1 atom stereocenters. The third-order valence-electron chi connectivity index (χ3n) is 3.25. The molecule has 104 valence electrons. The van der Waals surface area contributed by atoms with E-state index in [2.05, 4.69) is 15.6 Å². The van der Waals surface area contributed by atoms with Gasteiger partial charge in [-0.05, 0) is 19.4 Å². The number of nitrogens with zero attached hydrogens (tertiary/aromatic N) is 1. The molecule has 2 heterocycles. The van der Waals surface area contributed by atoms with Gasteiger partial charge in [0, 0.05) is 13.2 Å². The van der Waals surface area contributed by atoms with Crippen molar-refractivity contribution < 1.29 is 13.2 Å². The molecular weight excluding hydrogens is 266 g/mol. The molecule has 1 aromatic rings. The molecular formula is C12H17N3O3S. The molecule has 7 heteroatoms. The second-order valence-electron chi connectivity index (χ2n) is 5.03. The monoisotopic (exact) mass is 283 g/mol. The molecule has 1 aromatic heterocycles. The molecule has 1 fully saturated rings. The summed E-state index contributed by atoms with van der Waals surface area (Å²) in [6.07, 6.45) is 3.53. The van der Waals surface area contributed by atoms with Gasteiger partial charge in [-0.2, -0.15) is 0 Å². The Labute approximate surface area is 112 Å². The van der Waals surface area contributed by atoms with Gasteiger partial charge in [0.1, 0.15) is 0 Å². The largest absolute Gasteiger partial charge is 0.386 e. The van der Waals surface area contributed by atoms with Crippen LogP contribution in [0.3, 0.4) is 0 Å². The topological polar surface area (TPSA) is 88.2 Å². The Morgan fingerprint density at radius 2 is 2.21 bits per heavy atom. The Morgan fingerprint density at radius 1 is 1.47 bits per heavy atom. The summed E-state index contributed by atoms with van der Waals surface area (Å²) in [7, 11) is -1.34. The summed E-state index contributed by atoms with van der Waals surface area (Å²) in [5.74, 6) is -0.170. The van der Waals surface area contributed by atoms with E-state index in [9.17, 15) is 13.2 Å². The van der Waals surface area contributed by atoms with Gasteiger partial charge in [0.05, 0.1) is 34.5 Å². The Balaban J connectivity index is 2.18. The van der Waals surface area contributed by atoms with Crippen LogP contribution in [0.2, 0.25) is 0 Å². The first kappa shape index (κ1) is 13.8. The third-order valence-corrected chi connectivity index (χ3v) is 5.16. The molecule has 6 nitrogen and oxygen atoms in total. The molecule has 2 rings (SSSR count). The highest BCUT2D eigenvalue weighted by Crippen LogP contribution is 2.24. The van der Waals surface area contributed by atoms with E-state index < -0.39 is 15.4 Å². The van der Waals surface area contributed by atoms with Crippen LogP contribution in [-0.4, -0.2) is 43.4 Å². The van der Waals surface area contributed by atoms with Crippen molar-refractivity contribution in [3.05, 3.63) is 24.0 Å². The minimum absolute atomic E-state index is 0.00822. The van der Waals surface area contributed by atoms with Crippen LogP contribution < -0.4 is 10.6 Å². The summed E-state index contributed by atoms with van der Waals surface area (Å²) in [6, 6.07) is 1.61. The summed E-state index contributed by atoms with van der Waals surface area (Å²) in [4.78, 5) is 16.2. The Hall–Kier alpha value is -1.63. The van der Waals surface area contributed by atoms with E-state index in [0.29, 0.717) is 17.7 Å². The summed E-state index contributed by atoms with van der Waals surface area (Å²) in [5.41, 5.74) is 0.386. The number of rotatable bonds is 3. The van der Waals surface area contributed by atoms with Crippen LogP contribution in [0.4, 0.5) is 5.69 Å². The van der Waals surface area contributed by atoms with Crippen molar-refractivity contribution in [3.8, 4) is 0 Å². The average Bonchev–Trinajstić information content (AvgIpc) is 2.63. The Bertz CT molecular complexity index is 600. The molecule has 1 amide bonds. The van der Waals surface area contributed by atoms with Gasteiger partial charge in [-0.1, -0.05) is 0 Å². The smallest absolute Gasteiger partial charge is 0.253 e. The molecule has 1 unspecified atom stereocenters. The highest BCUT2D eigenvalue weighted by molar-refractivity contribution is 7.91. The minimum Gasteiger partial charge on any atom is -0.386 e. The molecule has 2 N–H and O–H groups in total. The van der Waals surface area contributed by atoms with Crippen LogP contribution in [0, 0.1) is 0 Å². The summed E-state index contributed by atoms with van der Waals surface area (Å²) >= 11 is 0. The fourth-order valence-corrected chi connectivity index (χ4v) is 4.34. The second kappa shape index (κ2) is 4.80. The van der Waals surface area contributed by atoms with Crippen LogP contribution in [0.15, 0.2) is 18.5 Å². The standard InChI is InChI=1S/C12H17N3O3S/c1-12(4-6-19(17,18)8-12)15-11(16)9-3-5-14-7-10(9)13-2/h3,5,7,13H,4,6,8H2,1-2H3,(H,15,16). The van der Waals surface area contributed by atoms with Gasteiger partial charge in [-0.15, -0.1) is 0 Å². The molecule has 0 aromatic carbocycles. The van der Waals surface area contributed by atoms with Crippen molar-refractivity contribution in [2.24, 2.45) is 0 Å². The molecule has 0 bridgehead atoms. The maximum atomic E-state index is 12.2. The lowest BCUT2D eigenvalue weighted by atomic mass is 10.0. The van der Waals surface area contributed by atoms with E-state index in [-0.39, 0.29) is 17.4 Å². The lowest BCUT2D eigenvalue weighted by Crippen LogP contribution is -2.47. The molecule has 0 aliphatic carbocycles. The first-order valence-electron chi connectivity index (χ1n) is 6.00. The lowest BCUT2D eigenvalue weighted by molar-refractivity contribution is 0.0916. The van der Waals surface area contributed by atoms with E-state index in [1.165, 1.54) is 6.20 Å². The van der Waals surface area contributed by atoms with Crippen LogP contribution in [-0.2, 0) is 9.84 Å². The van der Waals surface area contributed by atoms with E-state index in [4.69, 9.17) is 0 Å². The first-order valence-corrected chi connectivity index (χ1v) is 7.82. The van der Waals surface area contributed by atoms with Crippen molar-refractivity contribution in [2.75, 3.05) is 23.9 Å². The predicted octanol–water partition coefficient (Wildman–Crippen LogP) is 0.430. The maximum absolute atomic E-state index is 12.2. The molecule has 0 saturated carbocycles. The van der Waals surface area contributed by atoms with Crippen LogP contribution in [0.5, 0.6) is 0 Å². The van der Waals surface area contributed by atoms with Gasteiger partial charge in [0.25, 0.3) is 5.91 Å². The maximum Gasteiger partial charge on any atom is 0.253 e. The summed E-state index contributed by atoms with van der Waals surface area (Å²) in [5, 5.41) is 5.70. The van der Waals surface area contributed by atoms with Crippen LogP contribution >= 0.6 is 0 Å². The van der Waals surface area contributed by atoms with Crippen molar-refractivity contribution in [1.29, 1.82) is 0 Å². The highest BCUT2D eigenvalue weighted by atomic mass is 32.2. The molecule has 0 spiro atoms. The predicted molar refractivity (Wildman–Crippen MR) is 72.9 cm³/mol. The van der Waals surface area contributed by atoms with Crippen molar-refractivity contribution in [3.63, 3.8) is 0 Å². The summed E-state index contributed by atoms with van der Waals surface area (Å²) in [6.45, 7) is 1.76. The number of pyridine rings is 1. The minimum atomic E-state index is -3.04. The van der Waals surface area contributed by atoms with Gasteiger partial charge >= 0.3 is 0 Å². The zero-order valence-electron chi connectivity index (χ0n) is 10.9. The quantitative estimate of drug-likeness (QED) is 0.840. The normalized spacial score (nSPS) is 24.9. The highest BCUT2D eigenvalue weighted by Gasteiger charge is 2.39. The average molecular weight is 283 g/mol. The van der Waals surface area contributed by atoms with E-state index in [1.807, 2.05) is 0 Å². The number of hydrogen-bond donors (Lipinski definition) is 2. The molecule has 19 heavy (non-hydrogen) atoms. The molecule has 1 aliphatic rings. The molecule has 1 aliphatic heterocycles. The SMILES string of the molecule is CNc1cnccc1C(=O)NC1(C)CCS(=O)(=O)C1. The third kappa shape index (κ3) is 3.04. The number of aromatic nitrogens is 1. The number of hydrogen-bond acceptors (Lipinski definition) is 5. The van der Waals surface area contributed by atoms with Gasteiger partial charge in [-0.3, -0.25) is 9.78 Å². The lowest BCUT2D eigenvalue weighted by Gasteiger charge is -2.24. The number of amides is 1. The van der Waals surface area contributed by atoms with Crippen molar-refractivity contribution >= 4 is 21.4 Å². The Kier molecular flexibility index (Phi) is 3.49. The van der Waals surface area contributed by atoms with E-state index in [1.54, 1.807) is 26.2 Å². The Morgan fingerprint density at radius 3 is 2.79 bits per heavy atom. The number of carbonyl (C=O) groups excluding carboxylic acids is 1. The van der Waals surface area contributed by atoms with Gasteiger partial charge in [0.2, 0.25) is 0 Å². The molecule has 1 saturated heterocycles. The van der Waals surface area contributed by atoms with Gasteiger partial charge in [0.15, 0.2) is 9.84 Å². The second-order valence-corrected chi connectivity index (χ2v) is 7.21. The van der Waals surface area contributed by atoms with Crippen LogP contribution in [0.25, 0.3) is 0 Å². The zero-order chi connectivity index (χ0) is 14.1. The number of sulfone groups is 1. The fourth-order valence-electron chi connectivity index (χ4n) is 2.24. The number of anilines is 1. The van der Waals surface area contributed by atoms with E-state index >= 15 is 0 Å². The van der Waals surface area contributed by atoms with Crippen molar-refractivity contribution in [1.82, 2.24) is 10.3 Å². The fraction of sp³-hybridized carbons (Fsp3) is 0.500. The van der Waals surface area contributed by atoms with Crippen molar-refractivity contribution in [2.45, 2.75) is 18.9 Å².